The van der Waals surface area contributed by atoms with E-state index < -0.39 is 182 Å². The Labute approximate surface area is 608 Å². The lowest BCUT2D eigenvalue weighted by atomic mass is 9.97. The van der Waals surface area contributed by atoms with Gasteiger partial charge in [-0.15, -0.1) is 22.7 Å². The predicted molar refractivity (Wildman–Crippen MR) is 369 cm³/mol. The number of thiazole rings is 2. The highest BCUT2D eigenvalue weighted by molar-refractivity contribution is 7.84. The van der Waals surface area contributed by atoms with Crippen molar-refractivity contribution in [3.63, 3.8) is 0 Å². The number of rotatable bonds is 23. The highest BCUT2D eigenvalue weighted by atomic mass is 32.2. The Morgan fingerprint density at radius 3 is 1.23 bits per heavy atom. The van der Waals surface area contributed by atoms with E-state index in [1.54, 1.807) is 125 Å². The first-order valence-corrected chi connectivity index (χ1v) is 35.4. The van der Waals surface area contributed by atoms with Crippen molar-refractivity contribution in [1.29, 1.82) is 0 Å². The molecule has 0 spiro atoms. The summed E-state index contributed by atoms with van der Waals surface area (Å²) in [6.45, 7) is 34.7. The van der Waals surface area contributed by atoms with Crippen molar-refractivity contribution in [2.45, 2.75) is 234 Å². The second kappa shape index (κ2) is 32.7. The molecule has 2 aromatic rings. The van der Waals surface area contributed by atoms with Gasteiger partial charge in [-0.05, 0) is 152 Å². The van der Waals surface area contributed by atoms with E-state index in [2.05, 4.69) is 57.5 Å². The van der Waals surface area contributed by atoms with E-state index in [-0.39, 0.29) is 58.7 Å². The van der Waals surface area contributed by atoms with Crippen molar-refractivity contribution < 1.29 is 118 Å². The summed E-state index contributed by atoms with van der Waals surface area (Å²) in [6.07, 6.45) is -6.24. The van der Waals surface area contributed by atoms with Gasteiger partial charge < -0.3 is 84.0 Å². The topological polar surface area (TPSA) is 496 Å². The summed E-state index contributed by atoms with van der Waals surface area (Å²) < 4.78 is 76.5. The average Bonchev–Trinajstić information content (AvgIpc) is 0.899. The van der Waals surface area contributed by atoms with Crippen molar-refractivity contribution in [3.8, 4) is 0 Å². The van der Waals surface area contributed by atoms with Gasteiger partial charge in [0.15, 0.2) is 21.7 Å². The minimum Gasteiger partial charge on any atom is -0.457 e. The van der Waals surface area contributed by atoms with Crippen LogP contribution in [0.5, 0.6) is 0 Å². The van der Waals surface area contributed by atoms with Crippen LogP contribution in [0.2, 0.25) is 0 Å². The monoisotopic (exact) mass is 1530 g/mol. The van der Waals surface area contributed by atoms with Crippen LogP contribution in [0.4, 0.5) is 39.0 Å². The number of carbonyl (C=O) groups is 12. The van der Waals surface area contributed by atoms with E-state index in [4.69, 9.17) is 47.6 Å². The maximum Gasteiger partial charge on any atom is 0.413 e. The van der Waals surface area contributed by atoms with Crippen molar-refractivity contribution in [1.82, 2.24) is 50.7 Å². The lowest BCUT2D eigenvalue weighted by molar-refractivity contribution is -0.180. The Balaban J connectivity index is 0.000000375. The number of nitrogens with one attached hydrogen (secondary N) is 7. The van der Waals surface area contributed by atoms with Gasteiger partial charge in [-0.3, -0.25) is 34.4 Å². The highest BCUT2D eigenvalue weighted by Gasteiger charge is 2.56. The molecule has 4 fully saturated rings. The SMILES string of the molecule is CC(C)(C)OC(=O)NCC1CN(C[C@@H]2[C@H](NC(=O)/C(=N\OC(C)(C)C(=O)OC(C)(C)C)c3csc(NC(=O)OC(C)(C)C)n3)C(=O)N2S(=O)(=O)O)C(=O)O1.CC(C)(C)OC(=O)NCC1CN(C[C@H]2NC(=O)[C@H]2NC(=O)/C(=N\OC(C)(C)C(=O)OC(C)(C)C)c2csc(NC(=O)OC(C)(C)C)n2)C(=O)O1. The molecule has 0 bridgehead atoms. The second-order valence-electron chi connectivity index (χ2n) is 30.7. The first-order chi connectivity index (χ1) is 47.3. The zero-order valence-corrected chi connectivity index (χ0v) is 64.4. The van der Waals surface area contributed by atoms with E-state index in [1.165, 1.54) is 43.4 Å². The number of amides is 10. The standard InChI is InChI=1S/C31H47N7O14S2.C31H47N7O11S/c1-28(2,3)49-23(41)31(10,11)52-36-19(17-15-53-24(33-17)35-26(43)51-30(7,8)9)21(39)34-20-18(38(22(20)40)54(45,46)47)14-37-13-16(48-27(37)44)12-32-25(42)50-29(4,5)6;1-28(2,3)46-23(41)31(10,11)49-37-20(18-15-50-24(34-18)36-26(43)48-30(7,8)9)22(40)35-19-17(33-21(19)39)14-38-13-16(45-27(38)44)12-32-25(42)47-29(4,5)6/h15-16,18,20H,12-14H2,1-11H3,(H,32,42)(H,34,39)(H,33,35,43)(H,45,46,47);15-17,19H,12-14H2,1-11H3,(H,32,42)(H,33,39)(H,35,40)(H,34,36,43)/b36-19-;37-20-/t16?,18-,20+;16?,17-,19+/m11/s1. The van der Waals surface area contributed by atoms with Gasteiger partial charge in [-0.2, -0.15) is 8.42 Å². The predicted octanol–water partition coefficient (Wildman–Crippen LogP) is 4.83. The molecule has 580 valence electrons. The minimum absolute atomic E-state index is 0.00618. The van der Waals surface area contributed by atoms with Gasteiger partial charge in [-0.1, -0.05) is 10.3 Å². The molecule has 0 radical (unpaired) electrons. The van der Waals surface area contributed by atoms with Crippen LogP contribution in [0.1, 0.15) is 164 Å². The summed E-state index contributed by atoms with van der Waals surface area (Å²) in [7, 11) is -5.18. The molecule has 42 heteroatoms. The molecule has 6 heterocycles. The van der Waals surface area contributed by atoms with E-state index in [9.17, 15) is 70.5 Å². The molecular formula is C62H94N14O25S3. The lowest BCUT2D eigenvalue weighted by Crippen LogP contribution is -2.74. The van der Waals surface area contributed by atoms with E-state index in [0.717, 1.165) is 27.6 Å². The Kier molecular flexibility index (Phi) is 26.8. The molecule has 4 aliphatic rings. The Hall–Kier alpha value is -9.45. The van der Waals surface area contributed by atoms with Gasteiger partial charge in [-0.25, -0.2) is 52.6 Å². The number of nitrogens with zero attached hydrogens (tertiary/aromatic N) is 7. The van der Waals surface area contributed by atoms with Crippen molar-refractivity contribution in [2.24, 2.45) is 10.3 Å². The molecule has 2 aromatic heterocycles. The molecule has 0 aliphatic carbocycles. The number of hydrogen-bond acceptors (Lipinski definition) is 30. The summed E-state index contributed by atoms with van der Waals surface area (Å²) in [4.78, 5) is 174. The second-order valence-corrected chi connectivity index (χ2v) is 33.7. The fraction of sp³-hybridized carbons (Fsp3) is 0.677. The number of cyclic esters (lactones) is 2. The normalized spacial score (nSPS) is 19.7. The van der Waals surface area contributed by atoms with Gasteiger partial charge >= 0.3 is 58.8 Å². The number of hydrogen-bond donors (Lipinski definition) is 8. The van der Waals surface area contributed by atoms with Crippen molar-refractivity contribution in [3.05, 3.63) is 22.1 Å². The van der Waals surface area contributed by atoms with Gasteiger partial charge in [0.1, 0.15) is 69.3 Å². The van der Waals surface area contributed by atoms with Gasteiger partial charge in [0, 0.05) is 23.8 Å². The fourth-order valence-corrected chi connectivity index (χ4v) is 11.0. The van der Waals surface area contributed by atoms with E-state index >= 15 is 0 Å². The molecule has 4 saturated heterocycles. The molecule has 10 amide bonds. The number of ether oxygens (including phenoxy) is 8. The summed E-state index contributed by atoms with van der Waals surface area (Å²) in [5.74, 6) is -5.45. The first kappa shape index (κ1) is 85.2. The highest BCUT2D eigenvalue weighted by Crippen LogP contribution is 2.29. The third-order valence-electron chi connectivity index (χ3n) is 13.1. The van der Waals surface area contributed by atoms with Gasteiger partial charge in [0.2, 0.25) is 17.1 Å². The van der Waals surface area contributed by atoms with Crippen LogP contribution in [-0.4, -0.2) is 241 Å². The summed E-state index contributed by atoms with van der Waals surface area (Å²) >= 11 is 1.82. The quantitative estimate of drug-likeness (QED) is 0.0184. The molecule has 6 atom stereocenters. The Morgan fingerprint density at radius 2 is 0.885 bits per heavy atom. The summed E-state index contributed by atoms with van der Waals surface area (Å²) in [6, 6.07) is -5.01. The molecule has 104 heavy (non-hydrogen) atoms. The average molecular weight is 1530 g/mol. The zero-order valence-electron chi connectivity index (χ0n) is 62.0. The maximum atomic E-state index is 13.8. The molecule has 6 rings (SSSR count). The number of alkyl carbamates (subject to hydrolysis) is 2. The molecule has 39 nitrogen and oxygen atoms in total. The van der Waals surface area contributed by atoms with Crippen molar-refractivity contribution in [2.75, 3.05) is 49.9 Å². The third kappa shape index (κ3) is 26.7. The minimum atomic E-state index is -5.18. The largest absolute Gasteiger partial charge is 0.457 e. The van der Waals surface area contributed by atoms with Crippen LogP contribution < -0.4 is 37.2 Å². The van der Waals surface area contributed by atoms with E-state index in [1.807, 2.05) is 0 Å². The smallest absolute Gasteiger partial charge is 0.413 e. The third-order valence-corrected chi connectivity index (χ3v) is 15.6. The molecule has 0 aromatic carbocycles. The Bertz CT molecular complexity index is 3760. The molecular weight excluding hydrogens is 1440 g/mol. The number of aromatic nitrogens is 2. The zero-order chi connectivity index (χ0) is 79.0. The number of oxime groups is 2. The molecule has 0 saturated carbocycles. The summed E-state index contributed by atoms with van der Waals surface area (Å²) in [5, 5.41) is 28.0. The number of esters is 2. The van der Waals surface area contributed by atoms with Gasteiger partial charge in [0.25, 0.3) is 17.7 Å². The maximum absolute atomic E-state index is 13.8. The molecule has 2 unspecified atom stereocenters. The number of anilines is 2. The van der Waals surface area contributed by atoms with Crippen LogP contribution in [0.3, 0.4) is 0 Å². The first-order valence-electron chi connectivity index (χ1n) is 32.3. The van der Waals surface area contributed by atoms with Crippen LogP contribution in [0.15, 0.2) is 21.1 Å². The Morgan fingerprint density at radius 1 is 0.538 bits per heavy atom. The van der Waals surface area contributed by atoms with Crippen molar-refractivity contribution >= 4 is 127 Å². The molecule has 8 N–H and O–H groups in total. The van der Waals surface area contributed by atoms with E-state index in [0.29, 0.717) is 0 Å². The summed E-state index contributed by atoms with van der Waals surface area (Å²) in [5.41, 5.74) is -9.55. The van der Waals surface area contributed by atoms with Crippen LogP contribution in [0.25, 0.3) is 0 Å². The number of β-lactam (4-membered cyclic amide) rings is 2. The lowest BCUT2D eigenvalue weighted by Gasteiger charge is -2.45. The number of carbonyl (C=O) groups excluding carboxylic acids is 12. The fourth-order valence-electron chi connectivity index (χ4n) is 8.73. The molecule has 4 aliphatic heterocycles. The van der Waals surface area contributed by atoms with Crippen LogP contribution in [0, 0.1) is 0 Å². The van der Waals surface area contributed by atoms with Crippen LogP contribution in [-0.2, 0) is 86.6 Å². The van der Waals surface area contributed by atoms with Crippen LogP contribution >= 0.6 is 22.7 Å². The van der Waals surface area contributed by atoms with Gasteiger partial charge in [0.05, 0.1) is 38.3 Å².